The van der Waals surface area contributed by atoms with Gasteiger partial charge >= 0.3 is 0 Å². The molecule has 96 valence electrons. The van der Waals surface area contributed by atoms with Gasteiger partial charge in [0.15, 0.2) is 0 Å². The molecule has 6 nitrogen and oxygen atoms in total. The van der Waals surface area contributed by atoms with Crippen molar-refractivity contribution in [2.45, 2.75) is 6.10 Å². The largest absolute Gasteiger partial charge is 0.382 e. The molecule has 0 unspecified atom stereocenters. The molecular weight excluding hydrogens is 226 g/mol. The van der Waals surface area contributed by atoms with Crippen LogP contribution in [0.5, 0.6) is 0 Å². The molecule has 1 rings (SSSR count). The Hall–Kier alpha value is -1.24. The molecule has 0 aromatic rings. The zero-order valence-corrected chi connectivity index (χ0v) is 10.0. The first-order chi connectivity index (χ1) is 8.19. The predicted octanol–water partition coefficient (Wildman–Crippen LogP) is -0.411. The molecule has 17 heavy (non-hydrogen) atoms. The van der Waals surface area contributed by atoms with Crippen LogP contribution in [0.4, 0.5) is 0 Å². The molecule has 0 aliphatic carbocycles. The first-order valence-electron chi connectivity index (χ1n) is 5.32. The van der Waals surface area contributed by atoms with Crippen molar-refractivity contribution < 1.29 is 23.8 Å². The Morgan fingerprint density at radius 1 is 1.12 bits per heavy atom. The zero-order chi connectivity index (χ0) is 12.7. The van der Waals surface area contributed by atoms with Crippen LogP contribution in [0.3, 0.4) is 0 Å². The van der Waals surface area contributed by atoms with Gasteiger partial charge in [0.25, 0.3) is 11.8 Å². The number of amides is 2. The van der Waals surface area contributed by atoms with E-state index in [1.807, 2.05) is 0 Å². The molecule has 0 spiro atoms. The Balaban J connectivity index is 2.26. The maximum Gasteiger partial charge on any atom is 0.253 e. The summed E-state index contributed by atoms with van der Waals surface area (Å²) in [6.07, 6.45) is 2.32. The van der Waals surface area contributed by atoms with Crippen LogP contribution in [0, 0.1) is 0 Å². The summed E-state index contributed by atoms with van der Waals surface area (Å²) in [5.74, 6) is -0.595. The Kier molecular flexibility index (Phi) is 5.82. The van der Waals surface area contributed by atoms with Crippen LogP contribution in [0.15, 0.2) is 12.2 Å². The van der Waals surface area contributed by atoms with Crippen LogP contribution >= 0.6 is 0 Å². The minimum Gasteiger partial charge on any atom is -0.382 e. The SMILES string of the molecule is COCC(COC)OCCN1C(=O)C=CC1=O. The van der Waals surface area contributed by atoms with Crippen molar-refractivity contribution in [2.75, 3.05) is 40.6 Å². The summed E-state index contributed by atoms with van der Waals surface area (Å²) >= 11 is 0. The van der Waals surface area contributed by atoms with E-state index in [1.165, 1.54) is 12.2 Å². The van der Waals surface area contributed by atoms with Gasteiger partial charge in [-0.3, -0.25) is 14.5 Å². The van der Waals surface area contributed by atoms with E-state index in [0.717, 1.165) is 4.90 Å². The summed E-state index contributed by atoms with van der Waals surface area (Å²) in [7, 11) is 3.15. The smallest absolute Gasteiger partial charge is 0.253 e. The van der Waals surface area contributed by atoms with Crippen LogP contribution in [0.2, 0.25) is 0 Å². The lowest BCUT2D eigenvalue weighted by Gasteiger charge is -2.18. The highest BCUT2D eigenvalue weighted by molar-refractivity contribution is 6.12. The summed E-state index contributed by atoms with van der Waals surface area (Å²) in [6.45, 7) is 1.34. The average Bonchev–Trinajstić information content (AvgIpc) is 2.61. The predicted molar refractivity (Wildman–Crippen MR) is 59.4 cm³/mol. The van der Waals surface area contributed by atoms with E-state index in [0.29, 0.717) is 13.2 Å². The van der Waals surface area contributed by atoms with E-state index in [1.54, 1.807) is 14.2 Å². The molecule has 1 aliphatic rings. The van der Waals surface area contributed by atoms with Gasteiger partial charge in [0.1, 0.15) is 6.10 Å². The van der Waals surface area contributed by atoms with Gasteiger partial charge in [0.05, 0.1) is 26.4 Å². The molecule has 0 saturated heterocycles. The van der Waals surface area contributed by atoms with E-state index in [9.17, 15) is 9.59 Å². The molecule has 0 radical (unpaired) electrons. The van der Waals surface area contributed by atoms with Gasteiger partial charge < -0.3 is 14.2 Å². The van der Waals surface area contributed by atoms with Gasteiger partial charge in [-0.1, -0.05) is 0 Å². The highest BCUT2D eigenvalue weighted by atomic mass is 16.6. The number of imide groups is 1. The topological polar surface area (TPSA) is 65.1 Å². The van der Waals surface area contributed by atoms with Crippen LogP contribution in [0.25, 0.3) is 0 Å². The van der Waals surface area contributed by atoms with Crippen molar-refractivity contribution in [3.05, 3.63) is 12.2 Å². The summed E-state index contributed by atoms with van der Waals surface area (Å²) < 4.78 is 15.4. The van der Waals surface area contributed by atoms with E-state index in [4.69, 9.17) is 14.2 Å². The molecule has 2 amide bonds. The van der Waals surface area contributed by atoms with Gasteiger partial charge in [0.2, 0.25) is 0 Å². The number of ether oxygens (including phenoxy) is 3. The summed E-state index contributed by atoms with van der Waals surface area (Å²) in [4.78, 5) is 23.6. The van der Waals surface area contributed by atoms with Crippen molar-refractivity contribution >= 4 is 11.8 Å². The fourth-order valence-electron chi connectivity index (χ4n) is 1.48. The van der Waals surface area contributed by atoms with Gasteiger partial charge in [-0.2, -0.15) is 0 Å². The maximum atomic E-state index is 11.2. The fourth-order valence-corrected chi connectivity index (χ4v) is 1.48. The third-order valence-corrected chi connectivity index (χ3v) is 2.27. The van der Waals surface area contributed by atoms with E-state index in [2.05, 4.69) is 0 Å². The van der Waals surface area contributed by atoms with Crippen LogP contribution < -0.4 is 0 Å². The summed E-state index contributed by atoms with van der Waals surface area (Å²) in [5, 5.41) is 0. The minimum absolute atomic E-state index is 0.189. The van der Waals surface area contributed by atoms with Crippen LogP contribution in [-0.4, -0.2) is 63.4 Å². The summed E-state index contributed by atoms with van der Waals surface area (Å²) in [5.41, 5.74) is 0. The number of hydrogen-bond acceptors (Lipinski definition) is 5. The first kappa shape index (κ1) is 13.8. The monoisotopic (exact) mass is 243 g/mol. The second kappa shape index (κ2) is 7.16. The van der Waals surface area contributed by atoms with Gasteiger partial charge in [-0.15, -0.1) is 0 Å². The quantitative estimate of drug-likeness (QED) is 0.542. The molecule has 0 saturated carbocycles. The van der Waals surface area contributed by atoms with Crippen molar-refractivity contribution in [1.82, 2.24) is 4.90 Å². The van der Waals surface area contributed by atoms with E-state index < -0.39 is 0 Å². The third-order valence-electron chi connectivity index (χ3n) is 2.27. The lowest BCUT2D eigenvalue weighted by Crippen LogP contribution is -2.35. The van der Waals surface area contributed by atoms with E-state index >= 15 is 0 Å². The zero-order valence-electron chi connectivity index (χ0n) is 10.0. The highest BCUT2D eigenvalue weighted by Gasteiger charge is 2.23. The fraction of sp³-hybridized carbons (Fsp3) is 0.636. The Bertz CT molecular complexity index is 278. The second-order valence-corrected chi connectivity index (χ2v) is 3.56. The van der Waals surface area contributed by atoms with Crippen LogP contribution in [0.1, 0.15) is 0 Å². The lowest BCUT2D eigenvalue weighted by molar-refractivity contribution is -0.138. The number of carbonyl (C=O) groups is 2. The Labute approximate surface area is 100 Å². The first-order valence-corrected chi connectivity index (χ1v) is 5.32. The van der Waals surface area contributed by atoms with Gasteiger partial charge in [0, 0.05) is 26.4 Å². The molecular formula is C11H17NO5. The standard InChI is InChI=1S/C11H17NO5/c1-15-7-9(8-16-2)17-6-5-12-10(13)3-4-11(12)14/h3-4,9H,5-8H2,1-2H3. The van der Waals surface area contributed by atoms with Gasteiger partial charge in [-0.25, -0.2) is 0 Å². The Morgan fingerprint density at radius 2 is 1.65 bits per heavy atom. The molecule has 0 aromatic carbocycles. The summed E-state index contributed by atoms with van der Waals surface area (Å²) in [6, 6.07) is 0. The number of nitrogens with zero attached hydrogens (tertiary/aromatic N) is 1. The third kappa shape index (κ3) is 4.26. The molecule has 1 aliphatic heterocycles. The molecule has 0 aromatic heterocycles. The van der Waals surface area contributed by atoms with Gasteiger partial charge in [-0.05, 0) is 0 Å². The number of methoxy groups -OCH3 is 2. The van der Waals surface area contributed by atoms with Crippen molar-refractivity contribution in [3.8, 4) is 0 Å². The molecule has 0 fully saturated rings. The van der Waals surface area contributed by atoms with Crippen molar-refractivity contribution in [1.29, 1.82) is 0 Å². The highest BCUT2D eigenvalue weighted by Crippen LogP contribution is 2.03. The number of hydrogen-bond donors (Lipinski definition) is 0. The van der Waals surface area contributed by atoms with E-state index in [-0.39, 0.29) is 31.1 Å². The number of rotatable bonds is 8. The number of carbonyl (C=O) groups excluding carboxylic acids is 2. The minimum atomic E-state index is -0.298. The molecule has 0 bridgehead atoms. The van der Waals surface area contributed by atoms with Crippen molar-refractivity contribution in [2.24, 2.45) is 0 Å². The van der Waals surface area contributed by atoms with Crippen LogP contribution in [-0.2, 0) is 23.8 Å². The molecule has 1 heterocycles. The second-order valence-electron chi connectivity index (χ2n) is 3.56. The molecule has 0 N–H and O–H groups in total. The maximum absolute atomic E-state index is 11.2. The Morgan fingerprint density at radius 3 is 2.12 bits per heavy atom. The lowest BCUT2D eigenvalue weighted by atomic mass is 10.4. The normalized spacial score (nSPS) is 15.4. The molecule has 0 atom stereocenters. The van der Waals surface area contributed by atoms with Crippen molar-refractivity contribution in [3.63, 3.8) is 0 Å². The average molecular weight is 243 g/mol. The molecule has 6 heteroatoms.